The second kappa shape index (κ2) is 6.60. The first-order valence-electron chi connectivity index (χ1n) is 7.06. The van der Waals surface area contributed by atoms with Gasteiger partial charge in [0.2, 0.25) is 0 Å². The molecule has 4 heteroatoms. The lowest BCUT2D eigenvalue weighted by atomic mass is 9.87. The van der Waals surface area contributed by atoms with Crippen LogP contribution in [0.25, 0.3) is 0 Å². The number of aliphatic hydroxyl groups excluding tert-OH is 1. The maximum Gasteiger partial charge on any atom is 0.0720 e. The third-order valence-electron chi connectivity index (χ3n) is 4.12. The minimum Gasteiger partial charge on any atom is -0.391 e. The lowest BCUT2D eigenvalue weighted by molar-refractivity contribution is 0.0677. The average Bonchev–Trinajstić information content (AvgIpc) is 2.46. The van der Waals surface area contributed by atoms with Gasteiger partial charge in [0.15, 0.2) is 0 Å². The number of benzene rings is 1. The molecule has 19 heavy (non-hydrogen) atoms. The predicted molar refractivity (Wildman–Crippen MR) is 80.7 cm³/mol. The highest BCUT2D eigenvalue weighted by molar-refractivity contribution is 6.30. The van der Waals surface area contributed by atoms with Gasteiger partial charge in [0.1, 0.15) is 0 Å². The van der Waals surface area contributed by atoms with E-state index < -0.39 is 0 Å². The molecule has 1 heterocycles. The fourth-order valence-corrected chi connectivity index (χ4v) is 2.87. The molecule has 2 atom stereocenters. The Hall–Kier alpha value is -0.770. The quantitative estimate of drug-likeness (QED) is 0.893. The van der Waals surface area contributed by atoms with Crippen molar-refractivity contribution < 1.29 is 5.11 Å². The fourth-order valence-electron chi connectivity index (χ4n) is 2.74. The van der Waals surface area contributed by atoms with Crippen LogP contribution in [-0.2, 0) is 0 Å². The van der Waals surface area contributed by atoms with Crippen LogP contribution in [0.15, 0.2) is 24.3 Å². The zero-order valence-electron chi connectivity index (χ0n) is 11.4. The molecule has 0 bridgehead atoms. The highest BCUT2D eigenvalue weighted by Gasteiger charge is 2.28. The molecule has 0 spiro atoms. The van der Waals surface area contributed by atoms with Crippen molar-refractivity contribution >= 4 is 17.3 Å². The van der Waals surface area contributed by atoms with Gasteiger partial charge in [-0.05, 0) is 49.4 Å². The number of nitrogens with two attached hydrogens (primary N) is 1. The first-order chi connectivity index (χ1) is 9.11. The van der Waals surface area contributed by atoms with Crippen LogP contribution in [-0.4, -0.2) is 30.3 Å². The van der Waals surface area contributed by atoms with E-state index in [1.54, 1.807) is 0 Å². The number of anilines is 1. The van der Waals surface area contributed by atoms with E-state index in [4.69, 9.17) is 17.3 Å². The lowest BCUT2D eigenvalue weighted by Gasteiger charge is -2.37. The van der Waals surface area contributed by atoms with Gasteiger partial charge in [0, 0.05) is 29.8 Å². The van der Waals surface area contributed by atoms with E-state index in [-0.39, 0.29) is 12.1 Å². The van der Waals surface area contributed by atoms with Crippen molar-refractivity contribution in [3.05, 3.63) is 29.3 Å². The molecule has 106 valence electrons. The molecule has 1 aromatic carbocycles. The third-order valence-corrected chi connectivity index (χ3v) is 4.38. The van der Waals surface area contributed by atoms with Crippen LogP contribution in [0.3, 0.4) is 0 Å². The predicted octanol–water partition coefficient (Wildman–Crippen LogP) is 2.65. The summed E-state index contributed by atoms with van der Waals surface area (Å²) in [6.45, 7) is 3.97. The van der Waals surface area contributed by atoms with Crippen LogP contribution in [0.4, 0.5) is 5.69 Å². The van der Waals surface area contributed by atoms with Crippen molar-refractivity contribution in [3.63, 3.8) is 0 Å². The number of hydrogen-bond acceptors (Lipinski definition) is 3. The zero-order chi connectivity index (χ0) is 13.8. The van der Waals surface area contributed by atoms with Gasteiger partial charge in [0.25, 0.3) is 0 Å². The molecular formula is C15H23ClN2O. The molecule has 3 N–H and O–H groups in total. The normalized spacial score (nSPS) is 20.3. The van der Waals surface area contributed by atoms with E-state index in [0.29, 0.717) is 5.92 Å². The lowest BCUT2D eigenvalue weighted by Crippen LogP contribution is -2.45. The van der Waals surface area contributed by atoms with Crippen molar-refractivity contribution in [2.24, 2.45) is 11.7 Å². The Bertz CT molecular complexity index is 388. The second-order valence-electron chi connectivity index (χ2n) is 5.36. The Labute approximate surface area is 120 Å². The van der Waals surface area contributed by atoms with Gasteiger partial charge >= 0.3 is 0 Å². The zero-order valence-corrected chi connectivity index (χ0v) is 12.2. The summed E-state index contributed by atoms with van der Waals surface area (Å²) in [7, 11) is 0. The summed E-state index contributed by atoms with van der Waals surface area (Å²) in [6.07, 6.45) is 2.46. The Morgan fingerprint density at radius 1 is 1.32 bits per heavy atom. The first-order valence-corrected chi connectivity index (χ1v) is 7.43. The monoisotopic (exact) mass is 282 g/mol. The number of piperidine rings is 1. The van der Waals surface area contributed by atoms with Gasteiger partial charge in [-0.15, -0.1) is 0 Å². The molecule has 1 aromatic rings. The topological polar surface area (TPSA) is 49.5 Å². The Kier molecular flexibility index (Phi) is 5.08. The number of nitrogens with zero attached hydrogens (tertiary/aromatic N) is 1. The molecule has 3 nitrogen and oxygen atoms in total. The SMILES string of the molecule is CCC(N)C(O)C1CCN(c2ccc(Cl)cc2)CC1. The van der Waals surface area contributed by atoms with Crippen LogP contribution >= 0.6 is 11.6 Å². The van der Waals surface area contributed by atoms with Crippen LogP contribution < -0.4 is 10.6 Å². The first kappa shape index (κ1) is 14.6. The maximum atomic E-state index is 10.2. The molecule has 0 amide bonds. The summed E-state index contributed by atoms with van der Waals surface area (Å²) in [4.78, 5) is 2.34. The van der Waals surface area contributed by atoms with E-state index in [0.717, 1.165) is 37.4 Å². The van der Waals surface area contributed by atoms with E-state index in [1.807, 2.05) is 19.1 Å². The van der Waals surface area contributed by atoms with Crippen LogP contribution in [0.2, 0.25) is 5.02 Å². The molecule has 0 aliphatic carbocycles. The summed E-state index contributed by atoms with van der Waals surface area (Å²) in [6, 6.07) is 7.86. The molecule has 0 saturated carbocycles. The molecule has 2 unspecified atom stereocenters. The van der Waals surface area contributed by atoms with Gasteiger partial charge in [0.05, 0.1) is 6.10 Å². The van der Waals surface area contributed by atoms with E-state index in [9.17, 15) is 5.11 Å². The van der Waals surface area contributed by atoms with Crippen molar-refractivity contribution in [1.82, 2.24) is 0 Å². The summed E-state index contributed by atoms with van der Waals surface area (Å²) < 4.78 is 0. The number of halogens is 1. The van der Waals surface area contributed by atoms with Crippen LogP contribution in [0.1, 0.15) is 26.2 Å². The smallest absolute Gasteiger partial charge is 0.0720 e. The standard InChI is InChI=1S/C15H23ClN2O/c1-2-14(17)15(19)11-7-9-18(10-8-11)13-5-3-12(16)4-6-13/h3-6,11,14-15,19H,2,7-10,17H2,1H3. The van der Waals surface area contributed by atoms with Gasteiger partial charge in [-0.1, -0.05) is 18.5 Å². The molecule has 1 aliphatic heterocycles. The minimum absolute atomic E-state index is 0.0907. The van der Waals surface area contributed by atoms with E-state index >= 15 is 0 Å². The number of aliphatic hydroxyl groups is 1. The van der Waals surface area contributed by atoms with Crippen molar-refractivity contribution in [1.29, 1.82) is 0 Å². The minimum atomic E-state index is -0.364. The Morgan fingerprint density at radius 3 is 2.42 bits per heavy atom. The van der Waals surface area contributed by atoms with Crippen molar-refractivity contribution in [3.8, 4) is 0 Å². The second-order valence-corrected chi connectivity index (χ2v) is 5.80. The Morgan fingerprint density at radius 2 is 1.89 bits per heavy atom. The largest absolute Gasteiger partial charge is 0.391 e. The summed E-state index contributed by atoms with van der Waals surface area (Å²) >= 11 is 5.90. The van der Waals surface area contributed by atoms with Gasteiger partial charge in [-0.25, -0.2) is 0 Å². The van der Waals surface area contributed by atoms with E-state index in [1.165, 1.54) is 5.69 Å². The highest BCUT2D eigenvalue weighted by Crippen LogP contribution is 2.27. The summed E-state index contributed by atoms with van der Waals surface area (Å²) in [5, 5.41) is 10.9. The van der Waals surface area contributed by atoms with Crippen molar-refractivity contribution in [2.45, 2.75) is 38.3 Å². The molecule has 2 rings (SSSR count). The molecule has 1 saturated heterocycles. The van der Waals surface area contributed by atoms with Crippen LogP contribution in [0.5, 0.6) is 0 Å². The average molecular weight is 283 g/mol. The van der Waals surface area contributed by atoms with E-state index in [2.05, 4.69) is 17.0 Å². The van der Waals surface area contributed by atoms with Crippen molar-refractivity contribution in [2.75, 3.05) is 18.0 Å². The van der Waals surface area contributed by atoms with Crippen LogP contribution in [0, 0.1) is 5.92 Å². The van der Waals surface area contributed by atoms with Gasteiger partial charge < -0.3 is 15.7 Å². The maximum absolute atomic E-state index is 10.2. The molecular weight excluding hydrogens is 260 g/mol. The fraction of sp³-hybridized carbons (Fsp3) is 0.600. The molecule has 1 aliphatic rings. The highest BCUT2D eigenvalue weighted by atomic mass is 35.5. The molecule has 0 radical (unpaired) electrons. The number of hydrogen-bond donors (Lipinski definition) is 2. The summed E-state index contributed by atoms with van der Waals surface area (Å²) in [5.74, 6) is 0.332. The van der Waals surface area contributed by atoms with Gasteiger partial charge in [-0.2, -0.15) is 0 Å². The molecule has 0 aromatic heterocycles. The Balaban J connectivity index is 1.90. The number of rotatable bonds is 4. The summed E-state index contributed by atoms with van der Waals surface area (Å²) in [5.41, 5.74) is 7.14. The molecule has 1 fully saturated rings. The third kappa shape index (κ3) is 3.62. The van der Waals surface area contributed by atoms with Gasteiger partial charge in [-0.3, -0.25) is 0 Å².